The van der Waals surface area contributed by atoms with Crippen LogP contribution < -0.4 is 10.0 Å². The zero-order valence-corrected chi connectivity index (χ0v) is 17.9. The van der Waals surface area contributed by atoms with Gasteiger partial charge in [-0.1, -0.05) is 31.2 Å². The fourth-order valence-corrected chi connectivity index (χ4v) is 5.86. The van der Waals surface area contributed by atoms with Gasteiger partial charge in [0, 0.05) is 37.5 Å². The third-order valence-electron chi connectivity index (χ3n) is 5.07. The lowest BCUT2D eigenvalue weighted by molar-refractivity contribution is -0.119. The van der Waals surface area contributed by atoms with Gasteiger partial charge in [-0.25, -0.2) is 13.1 Å². The smallest absolute Gasteiger partial charge is 0.250 e. The maximum absolute atomic E-state index is 12.7. The first-order chi connectivity index (χ1) is 13.4. The highest BCUT2D eigenvalue weighted by molar-refractivity contribution is 7.91. The van der Waals surface area contributed by atoms with Gasteiger partial charge in [-0.3, -0.25) is 9.69 Å². The molecule has 0 fully saturated rings. The number of nitrogens with zero attached hydrogens (tertiary/aromatic N) is 1. The number of hydrogen-bond donors (Lipinski definition) is 2. The Morgan fingerprint density at radius 3 is 2.68 bits per heavy atom. The summed E-state index contributed by atoms with van der Waals surface area (Å²) in [6, 6.07) is 12.0. The monoisotopic (exact) mass is 421 g/mol. The van der Waals surface area contributed by atoms with Gasteiger partial charge in [0.25, 0.3) is 0 Å². The summed E-state index contributed by atoms with van der Waals surface area (Å²) < 4.78 is 28.4. The van der Waals surface area contributed by atoms with Crippen molar-refractivity contribution in [3.8, 4) is 0 Å². The number of hydrogen-bond acceptors (Lipinski definition) is 5. The normalized spacial score (nSPS) is 15.8. The van der Waals surface area contributed by atoms with Crippen LogP contribution in [0, 0.1) is 0 Å². The number of benzene rings is 1. The molecule has 28 heavy (non-hydrogen) atoms. The molecule has 1 aliphatic heterocycles. The fourth-order valence-electron chi connectivity index (χ4n) is 3.45. The Morgan fingerprint density at radius 1 is 1.21 bits per heavy atom. The summed E-state index contributed by atoms with van der Waals surface area (Å²) in [4.78, 5) is 14.2. The van der Waals surface area contributed by atoms with Crippen LogP contribution >= 0.6 is 11.3 Å². The SMILES string of the molecule is CCC(CNS(=O)(=O)c1ccc(CNC(C)=O)s1)N1CCc2ccccc2C1. The Hall–Kier alpha value is -1.74. The van der Waals surface area contributed by atoms with Gasteiger partial charge < -0.3 is 5.32 Å². The second-order valence-electron chi connectivity index (χ2n) is 7.03. The van der Waals surface area contributed by atoms with E-state index in [1.807, 2.05) is 0 Å². The molecule has 6 nitrogen and oxygen atoms in total. The standard InChI is InChI=1S/C20H27N3O3S2/c1-3-18(23-11-10-16-6-4-5-7-17(16)14-23)12-22-28(25,26)20-9-8-19(27-20)13-21-15(2)24/h4-9,18,22H,3,10-14H2,1-2H3,(H,21,24). The summed E-state index contributed by atoms with van der Waals surface area (Å²) in [5.74, 6) is -0.134. The van der Waals surface area contributed by atoms with Gasteiger partial charge in [-0.05, 0) is 36.1 Å². The van der Waals surface area contributed by atoms with Crippen molar-refractivity contribution in [1.29, 1.82) is 0 Å². The van der Waals surface area contributed by atoms with Crippen molar-refractivity contribution in [3.05, 3.63) is 52.4 Å². The predicted molar refractivity (Wildman–Crippen MR) is 112 cm³/mol. The first-order valence-electron chi connectivity index (χ1n) is 9.52. The van der Waals surface area contributed by atoms with Crippen molar-refractivity contribution >= 4 is 27.3 Å². The van der Waals surface area contributed by atoms with E-state index in [1.54, 1.807) is 12.1 Å². The molecule has 0 spiro atoms. The van der Waals surface area contributed by atoms with Crippen molar-refractivity contribution in [2.45, 2.75) is 50.0 Å². The molecule has 0 saturated heterocycles. The van der Waals surface area contributed by atoms with Crippen LogP contribution in [-0.4, -0.2) is 38.4 Å². The van der Waals surface area contributed by atoms with Crippen molar-refractivity contribution in [3.63, 3.8) is 0 Å². The molecule has 1 unspecified atom stereocenters. The van der Waals surface area contributed by atoms with Gasteiger partial charge in [0.15, 0.2) is 0 Å². The Bertz CT molecular complexity index is 924. The number of fused-ring (bicyclic) bond motifs is 1. The van der Waals surface area contributed by atoms with E-state index in [1.165, 1.54) is 29.4 Å². The minimum atomic E-state index is -3.55. The molecule has 1 amide bonds. The second-order valence-corrected chi connectivity index (χ2v) is 10.2. The largest absolute Gasteiger partial charge is 0.351 e. The molecular formula is C20H27N3O3S2. The topological polar surface area (TPSA) is 78.5 Å². The summed E-state index contributed by atoms with van der Waals surface area (Å²) in [5.41, 5.74) is 2.72. The van der Waals surface area contributed by atoms with Gasteiger partial charge in [0.1, 0.15) is 4.21 Å². The van der Waals surface area contributed by atoms with E-state index in [9.17, 15) is 13.2 Å². The fraction of sp³-hybridized carbons (Fsp3) is 0.450. The van der Waals surface area contributed by atoms with E-state index >= 15 is 0 Å². The summed E-state index contributed by atoms with van der Waals surface area (Å²) >= 11 is 1.19. The molecule has 2 N–H and O–H groups in total. The highest BCUT2D eigenvalue weighted by atomic mass is 32.2. The van der Waals surface area contributed by atoms with Crippen molar-refractivity contribution in [2.75, 3.05) is 13.1 Å². The van der Waals surface area contributed by atoms with E-state index in [0.717, 1.165) is 30.8 Å². The van der Waals surface area contributed by atoms with Crippen molar-refractivity contribution in [2.24, 2.45) is 0 Å². The molecule has 0 saturated carbocycles. The van der Waals surface area contributed by atoms with E-state index in [0.29, 0.717) is 13.1 Å². The summed E-state index contributed by atoms with van der Waals surface area (Å²) in [7, 11) is -3.55. The van der Waals surface area contributed by atoms with E-state index < -0.39 is 10.0 Å². The third-order valence-corrected chi connectivity index (χ3v) is 8.07. The highest BCUT2D eigenvalue weighted by Gasteiger charge is 2.25. The molecule has 0 bridgehead atoms. The molecule has 1 aromatic carbocycles. The van der Waals surface area contributed by atoms with Crippen molar-refractivity contribution < 1.29 is 13.2 Å². The molecule has 152 valence electrons. The van der Waals surface area contributed by atoms with Crippen LogP contribution in [-0.2, 0) is 34.3 Å². The molecule has 0 aliphatic carbocycles. The quantitative estimate of drug-likeness (QED) is 0.686. The van der Waals surface area contributed by atoms with Crippen LogP contribution in [0.2, 0.25) is 0 Å². The third kappa shape index (κ3) is 5.20. The van der Waals surface area contributed by atoms with Crippen molar-refractivity contribution in [1.82, 2.24) is 14.9 Å². The van der Waals surface area contributed by atoms with Gasteiger partial charge >= 0.3 is 0 Å². The molecular weight excluding hydrogens is 394 g/mol. The summed E-state index contributed by atoms with van der Waals surface area (Å²) in [5, 5.41) is 2.69. The van der Waals surface area contributed by atoms with Crippen LogP contribution in [0.4, 0.5) is 0 Å². The van der Waals surface area contributed by atoms with Crippen LogP contribution in [0.25, 0.3) is 0 Å². The lowest BCUT2D eigenvalue weighted by Gasteiger charge is -2.35. The molecule has 3 rings (SSSR count). The Labute approximate surface area is 171 Å². The van der Waals surface area contributed by atoms with Gasteiger partial charge in [-0.2, -0.15) is 0 Å². The van der Waals surface area contributed by atoms with Crippen LogP contribution in [0.15, 0.2) is 40.6 Å². The zero-order chi connectivity index (χ0) is 20.1. The van der Waals surface area contributed by atoms with E-state index in [-0.39, 0.29) is 16.2 Å². The minimum Gasteiger partial charge on any atom is -0.351 e. The maximum Gasteiger partial charge on any atom is 0.250 e. The lowest BCUT2D eigenvalue weighted by Crippen LogP contribution is -2.45. The number of amides is 1. The number of carbonyl (C=O) groups excluding carboxylic acids is 1. The van der Waals surface area contributed by atoms with Crippen LogP contribution in [0.3, 0.4) is 0 Å². The zero-order valence-electron chi connectivity index (χ0n) is 16.3. The number of thiophene rings is 1. The van der Waals surface area contributed by atoms with E-state index in [2.05, 4.69) is 46.1 Å². The summed E-state index contributed by atoms with van der Waals surface area (Å²) in [6.07, 6.45) is 1.87. The highest BCUT2D eigenvalue weighted by Crippen LogP contribution is 2.23. The molecule has 2 aromatic rings. The van der Waals surface area contributed by atoms with Gasteiger partial charge in [0.05, 0.1) is 6.54 Å². The Morgan fingerprint density at radius 2 is 1.96 bits per heavy atom. The summed E-state index contributed by atoms with van der Waals surface area (Å²) in [6.45, 7) is 6.07. The van der Waals surface area contributed by atoms with Crippen LogP contribution in [0.1, 0.15) is 36.3 Å². The average molecular weight is 422 g/mol. The first kappa shape index (κ1) is 21.0. The lowest BCUT2D eigenvalue weighted by atomic mass is 9.98. The van der Waals surface area contributed by atoms with Gasteiger partial charge in [0.2, 0.25) is 15.9 Å². The van der Waals surface area contributed by atoms with E-state index in [4.69, 9.17) is 0 Å². The molecule has 1 aromatic heterocycles. The first-order valence-corrected chi connectivity index (χ1v) is 11.8. The minimum absolute atomic E-state index is 0.134. The van der Waals surface area contributed by atoms with Crippen LogP contribution in [0.5, 0.6) is 0 Å². The predicted octanol–water partition coefficient (Wildman–Crippen LogP) is 2.50. The number of carbonyl (C=O) groups is 1. The maximum atomic E-state index is 12.7. The molecule has 1 atom stereocenters. The number of sulfonamides is 1. The molecule has 0 radical (unpaired) electrons. The number of rotatable bonds is 8. The number of nitrogens with one attached hydrogen (secondary N) is 2. The van der Waals surface area contributed by atoms with Gasteiger partial charge in [-0.15, -0.1) is 11.3 Å². The molecule has 2 heterocycles. The Balaban J connectivity index is 1.60. The average Bonchev–Trinajstić information content (AvgIpc) is 3.17. The Kier molecular flexibility index (Phi) is 6.87. The second kappa shape index (κ2) is 9.17. The molecule has 1 aliphatic rings. The molecule has 8 heteroatoms.